The van der Waals surface area contributed by atoms with Crippen molar-refractivity contribution in [1.82, 2.24) is 0 Å². The average molecular weight is 665 g/mol. The van der Waals surface area contributed by atoms with Crippen molar-refractivity contribution in [3.63, 3.8) is 0 Å². The van der Waals surface area contributed by atoms with Gasteiger partial charge in [0.05, 0.1) is 11.4 Å². The molecule has 0 unspecified atom stereocenters. The van der Waals surface area contributed by atoms with E-state index in [1.807, 2.05) is 0 Å². The topological polar surface area (TPSA) is 6.48 Å². The van der Waals surface area contributed by atoms with Crippen LogP contribution >= 0.6 is 0 Å². The Morgan fingerprint density at radius 1 is 0.212 bits per heavy atom. The molecule has 52 heavy (non-hydrogen) atoms. The van der Waals surface area contributed by atoms with Crippen molar-refractivity contribution >= 4 is 55.7 Å². The number of anilines is 6. The molecule has 0 bridgehead atoms. The second-order valence-corrected chi connectivity index (χ2v) is 13.0. The van der Waals surface area contributed by atoms with Crippen LogP contribution in [0.3, 0.4) is 0 Å². The third kappa shape index (κ3) is 5.77. The number of hydrogen-bond acceptors (Lipinski definition) is 2. The van der Waals surface area contributed by atoms with Gasteiger partial charge in [-0.2, -0.15) is 0 Å². The lowest BCUT2D eigenvalue weighted by atomic mass is 9.91. The molecule has 0 N–H and O–H groups in total. The predicted octanol–water partition coefficient (Wildman–Crippen LogP) is 14.3. The van der Waals surface area contributed by atoms with Crippen LogP contribution in [-0.4, -0.2) is 0 Å². The lowest BCUT2D eigenvalue weighted by Crippen LogP contribution is -2.14. The van der Waals surface area contributed by atoms with E-state index >= 15 is 0 Å². The van der Waals surface area contributed by atoms with E-state index in [0.717, 1.165) is 44.9 Å². The maximum absolute atomic E-state index is 2.43. The molecular formula is C50H36N2. The highest BCUT2D eigenvalue weighted by Gasteiger charge is 2.26. The molecule has 0 saturated carbocycles. The minimum atomic E-state index is 1.10. The van der Waals surface area contributed by atoms with Crippen molar-refractivity contribution in [1.29, 1.82) is 0 Å². The Morgan fingerprint density at radius 3 is 0.769 bits per heavy atom. The Labute approximate surface area is 305 Å². The van der Waals surface area contributed by atoms with Gasteiger partial charge in [0.15, 0.2) is 0 Å². The fourth-order valence-electron chi connectivity index (χ4n) is 7.41. The van der Waals surface area contributed by atoms with Crippen LogP contribution in [0.2, 0.25) is 0 Å². The Bertz CT molecular complexity index is 2320. The highest BCUT2D eigenvalue weighted by molar-refractivity contribution is 6.24. The zero-order chi connectivity index (χ0) is 34.7. The monoisotopic (exact) mass is 664 g/mol. The van der Waals surface area contributed by atoms with Gasteiger partial charge in [0.1, 0.15) is 0 Å². The van der Waals surface area contributed by atoms with Gasteiger partial charge in [0.25, 0.3) is 0 Å². The molecule has 0 aliphatic carbocycles. The summed E-state index contributed by atoms with van der Waals surface area (Å²) in [5, 5.41) is 4.66. The SMILES string of the molecule is c1ccc(-c2ccc3c(N(c4ccccc4)c4ccccc4)c4cc(-c5ccccc5)ccc4c(N(c4ccccc4)c4ccccc4)c3c2)cc1. The molecule has 9 rings (SSSR count). The van der Waals surface area contributed by atoms with Gasteiger partial charge in [-0.25, -0.2) is 0 Å². The highest BCUT2D eigenvalue weighted by atomic mass is 15.2. The van der Waals surface area contributed by atoms with E-state index in [-0.39, 0.29) is 0 Å². The number of para-hydroxylation sites is 4. The molecule has 2 heteroatoms. The van der Waals surface area contributed by atoms with Crippen molar-refractivity contribution in [2.45, 2.75) is 0 Å². The van der Waals surface area contributed by atoms with Crippen LogP contribution in [0.25, 0.3) is 43.8 Å². The minimum Gasteiger partial charge on any atom is -0.309 e. The first-order chi connectivity index (χ1) is 25.8. The average Bonchev–Trinajstić information content (AvgIpc) is 3.23. The van der Waals surface area contributed by atoms with Crippen LogP contribution in [0.15, 0.2) is 218 Å². The van der Waals surface area contributed by atoms with E-state index < -0.39 is 0 Å². The van der Waals surface area contributed by atoms with Crippen LogP contribution in [0, 0.1) is 0 Å². The summed E-state index contributed by atoms with van der Waals surface area (Å²) in [5.74, 6) is 0. The largest absolute Gasteiger partial charge is 0.309 e. The zero-order valence-corrected chi connectivity index (χ0v) is 28.7. The van der Waals surface area contributed by atoms with Crippen molar-refractivity contribution in [3.8, 4) is 22.3 Å². The first-order valence-electron chi connectivity index (χ1n) is 17.8. The summed E-state index contributed by atoms with van der Waals surface area (Å²) in [4.78, 5) is 4.86. The van der Waals surface area contributed by atoms with Gasteiger partial charge in [-0.3, -0.25) is 0 Å². The first kappa shape index (κ1) is 31.1. The van der Waals surface area contributed by atoms with Crippen molar-refractivity contribution in [3.05, 3.63) is 218 Å². The molecule has 0 amide bonds. The van der Waals surface area contributed by atoms with Gasteiger partial charge in [-0.15, -0.1) is 0 Å². The third-order valence-corrected chi connectivity index (χ3v) is 9.78. The van der Waals surface area contributed by atoms with Crippen LogP contribution < -0.4 is 9.80 Å². The van der Waals surface area contributed by atoms with Gasteiger partial charge < -0.3 is 9.80 Å². The van der Waals surface area contributed by atoms with E-state index in [0.29, 0.717) is 0 Å². The predicted molar refractivity (Wildman–Crippen MR) is 222 cm³/mol. The zero-order valence-electron chi connectivity index (χ0n) is 28.7. The smallest absolute Gasteiger partial charge is 0.0620 e. The summed E-state index contributed by atoms with van der Waals surface area (Å²) in [7, 11) is 0. The van der Waals surface area contributed by atoms with Crippen molar-refractivity contribution in [2.24, 2.45) is 0 Å². The Hall–Kier alpha value is -6.90. The number of fused-ring (bicyclic) bond motifs is 2. The normalized spacial score (nSPS) is 11.1. The fraction of sp³-hybridized carbons (Fsp3) is 0. The summed E-state index contributed by atoms with van der Waals surface area (Å²) < 4.78 is 0. The molecular weight excluding hydrogens is 629 g/mol. The number of nitrogens with zero attached hydrogens (tertiary/aromatic N) is 2. The van der Waals surface area contributed by atoms with Crippen LogP contribution in [-0.2, 0) is 0 Å². The molecule has 0 aromatic heterocycles. The van der Waals surface area contributed by atoms with Crippen LogP contribution in [0.1, 0.15) is 0 Å². The molecule has 0 atom stereocenters. The van der Waals surface area contributed by atoms with E-state index in [4.69, 9.17) is 0 Å². The molecule has 9 aromatic carbocycles. The second-order valence-electron chi connectivity index (χ2n) is 13.0. The van der Waals surface area contributed by atoms with Gasteiger partial charge in [0, 0.05) is 44.3 Å². The molecule has 0 heterocycles. The van der Waals surface area contributed by atoms with Gasteiger partial charge in [0.2, 0.25) is 0 Å². The summed E-state index contributed by atoms with van der Waals surface area (Å²) in [5.41, 5.74) is 11.4. The summed E-state index contributed by atoms with van der Waals surface area (Å²) in [6, 6.07) is 78.4. The second kappa shape index (κ2) is 13.8. The molecule has 9 aromatic rings. The number of rotatable bonds is 8. The van der Waals surface area contributed by atoms with E-state index in [1.54, 1.807) is 0 Å². The maximum atomic E-state index is 2.43. The first-order valence-corrected chi connectivity index (χ1v) is 17.8. The van der Waals surface area contributed by atoms with E-state index in [9.17, 15) is 0 Å². The molecule has 2 nitrogen and oxygen atoms in total. The number of hydrogen-bond donors (Lipinski definition) is 0. The minimum absolute atomic E-state index is 1.10. The molecule has 0 spiro atoms. The maximum Gasteiger partial charge on any atom is 0.0620 e. The fourth-order valence-corrected chi connectivity index (χ4v) is 7.41. The van der Waals surface area contributed by atoms with E-state index in [1.165, 1.54) is 33.0 Å². The highest BCUT2D eigenvalue weighted by Crippen LogP contribution is 2.52. The Balaban J connectivity index is 1.48. The van der Waals surface area contributed by atoms with E-state index in [2.05, 4.69) is 228 Å². The molecule has 246 valence electrons. The number of benzene rings is 9. The Morgan fingerprint density at radius 2 is 0.481 bits per heavy atom. The summed E-state index contributed by atoms with van der Waals surface area (Å²) >= 11 is 0. The quantitative estimate of drug-likeness (QED) is 0.118. The van der Waals surface area contributed by atoms with Gasteiger partial charge in [-0.05, 0) is 82.9 Å². The van der Waals surface area contributed by atoms with Crippen molar-refractivity contribution in [2.75, 3.05) is 9.80 Å². The third-order valence-electron chi connectivity index (χ3n) is 9.78. The molecule has 0 saturated heterocycles. The lowest BCUT2D eigenvalue weighted by Gasteiger charge is -2.33. The molecule has 0 aliphatic heterocycles. The van der Waals surface area contributed by atoms with Gasteiger partial charge >= 0.3 is 0 Å². The van der Waals surface area contributed by atoms with Crippen molar-refractivity contribution < 1.29 is 0 Å². The van der Waals surface area contributed by atoms with Crippen LogP contribution in [0.4, 0.5) is 34.1 Å². The standard InChI is InChI=1S/C50H36N2/c1-7-19-37(20-8-1)39-31-33-45-47(35-39)49(51(41-23-11-3-12-24-41)42-25-13-4-14-26-42)46-34-32-40(38-21-9-2-10-22-38)36-48(46)50(45)52(43-27-15-5-16-28-43)44-29-17-6-18-30-44/h1-36H. The molecule has 0 radical (unpaired) electrons. The molecule has 0 aliphatic rings. The Kier molecular flexibility index (Phi) is 8.24. The lowest BCUT2D eigenvalue weighted by molar-refractivity contribution is 1.29. The van der Waals surface area contributed by atoms with Crippen LogP contribution in [0.5, 0.6) is 0 Å². The molecule has 0 fully saturated rings. The summed E-state index contributed by atoms with van der Waals surface area (Å²) in [6.07, 6.45) is 0. The summed E-state index contributed by atoms with van der Waals surface area (Å²) in [6.45, 7) is 0. The van der Waals surface area contributed by atoms with Gasteiger partial charge in [-0.1, -0.05) is 158 Å².